The lowest BCUT2D eigenvalue weighted by atomic mass is 10.1. The minimum Gasteiger partial charge on any atom is -0.379 e. The van der Waals surface area contributed by atoms with Crippen LogP contribution < -0.4 is 5.32 Å². The van der Waals surface area contributed by atoms with Crippen LogP contribution in [0.1, 0.15) is 25.3 Å². The summed E-state index contributed by atoms with van der Waals surface area (Å²) in [5.74, 6) is 1.85. The Balaban J connectivity index is 1.43. The van der Waals surface area contributed by atoms with Crippen molar-refractivity contribution in [3.63, 3.8) is 0 Å². The standard InChI is InChI=1S/C21H31ClN4O2/c1-2-23-21(24-8-13-28-16-17-6-7-17)26-11-9-25(10-12-26)20(27)15-18-4-3-5-19(22)14-18/h3-5,14,17H,2,6-13,15-16H2,1H3,(H,23,24). The number of hydrogen-bond donors (Lipinski definition) is 1. The Morgan fingerprint density at radius 2 is 2.00 bits per heavy atom. The van der Waals surface area contributed by atoms with Crippen LogP contribution in [0.15, 0.2) is 29.3 Å². The third-order valence-electron chi connectivity index (χ3n) is 5.06. The van der Waals surface area contributed by atoms with Gasteiger partial charge in [0.2, 0.25) is 5.91 Å². The van der Waals surface area contributed by atoms with Gasteiger partial charge in [0.15, 0.2) is 5.96 Å². The maximum Gasteiger partial charge on any atom is 0.227 e. The molecule has 0 aromatic heterocycles. The summed E-state index contributed by atoms with van der Waals surface area (Å²) in [5.41, 5.74) is 0.959. The van der Waals surface area contributed by atoms with Gasteiger partial charge in [-0.3, -0.25) is 9.79 Å². The van der Waals surface area contributed by atoms with Crippen molar-refractivity contribution in [2.75, 3.05) is 52.5 Å². The van der Waals surface area contributed by atoms with Crippen LogP contribution in [-0.2, 0) is 16.0 Å². The van der Waals surface area contributed by atoms with Crippen LogP contribution in [0.5, 0.6) is 0 Å². The number of carbonyl (C=O) groups excluding carboxylic acids is 1. The molecule has 28 heavy (non-hydrogen) atoms. The van der Waals surface area contributed by atoms with Crippen LogP contribution in [0.25, 0.3) is 0 Å². The summed E-state index contributed by atoms with van der Waals surface area (Å²) in [4.78, 5) is 21.4. The number of rotatable bonds is 8. The maximum atomic E-state index is 12.6. The number of ether oxygens (including phenoxy) is 1. The van der Waals surface area contributed by atoms with E-state index in [4.69, 9.17) is 21.3 Å². The third-order valence-corrected chi connectivity index (χ3v) is 5.29. The lowest BCUT2D eigenvalue weighted by Crippen LogP contribution is -2.54. The number of aliphatic imine (C=N–C) groups is 1. The molecule has 0 radical (unpaired) electrons. The van der Waals surface area contributed by atoms with Gasteiger partial charge in [-0.1, -0.05) is 23.7 Å². The van der Waals surface area contributed by atoms with E-state index in [1.165, 1.54) is 12.8 Å². The van der Waals surface area contributed by atoms with Crippen molar-refractivity contribution in [1.82, 2.24) is 15.1 Å². The van der Waals surface area contributed by atoms with E-state index in [1.54, 1.807) is 0 Å². The molecule has 0 unspecified atom stereocenters. The smallest absolute Gasteiger partial charge is 0.227 e. The summed E-state index contributed by atoms with van der Waals surface area (Å²) in [7, 11) is 0. The highest BCUT2D eigenvalue weighted by molar-refractivity contribution is 6.30. The number of halogens is 1. The first-order valence-electron chi connectivity index (χ1n) is 10.3. The van der Waals surface area contributed by atoms with Crippen LogP contribution in [0.2, 0.25) is 5.02 Å². The first-order valence-corrected chi connectivity index (χ1v) is 10.7. The fourth-order valence-electron chi connectivity index (χ4n) is 3.28. The number of amides is 1. The maximum absolute atomic E-state index is 12.6. The van der Waals surface area contributed by atoms with Gasteiger partial charge in [0.1, 0.15) is 0 Å². The number of guanidine groups is 1. The van der Waals surface area contributed by atoms with Crippen molar-refractivity contribution in [3.8, 4) is 0 Å². The van der Waals surface area contributed by atoms with Crippen molar-refractivity contribution in [2.45, 2.75) is 26.2 Å². The molecule has 0 atom stereocenters. The number of nitrogens with zero attached hydrogens (tertiary/aromatic N) is 3. The van der Waals surface area contributed by atoms with Gasteiger partial charge in [-0.25, -0.2) is 0 Å². The highest BCUT2D eigenvalue weighted by Crippen LogP contribution is 2.28. The summed E-state index contributed by atoms with van der Waals surface area (Å²) in [6.07, 6.45) is 3.02. The molecule has 1 saturated heterocycles. The number of carbonyl (C=O) groups is 1. The average Bonchev–Trinajstić information content (AvgIpc) is 3.51. The van der Waals surface area contributed by atoms with Gasteiger partial charge in [-0.15, -0.1) is 0 Å². The predicted molar refractivity (Wildman–Crippen MR) is 113 cm³/mol. The molecule has 1 N–H and O–H groups in total. The molecule has 3 rings (SSSR count). The van der Waals surface area contributed by atoms with Gasteiger partial charge in [0.05, 0.1) is 19.6 Å². The SMILES string of the molecule is CCNC(=NCCOCC1CC1)N1CCN(C(=O)Cc2cccc(Cl)c2)CC1. The molecule has 154 valence electrons. The lowest BCUT2D eigenvalue weighted by Gasteiger charge is -2.36. The van der Waals surface area contributed by atoms with Gasteiger partial charge in [0, 0.05) is 44.4 Å². The molecule has 0 bridgehead atoms. The highest BCUT2D eigenvalue weighted by atomic mass is 35.5. The fourth-order valence-corrected chi connectivity index (χ4v) is 3.49. The molecule has 7 heteroatoms. The Labute approximate surface area is 172 Å². The first kappa shape index (κ1) is 20.9. The summed E-state index contributed by atoms with van der Waals surface area (Å²) in [6.45, 7) is 8.11. The van der Waals surface area contributed by atoms with E-state index in [-0.39, 0.29) is 5.91 Å². The molecule has 1 aliphatic heterocycles. The number of nitrogens with one attached hydrogen (secondary N) is 1. The Morgan fingerprint density at radius 3 is 2.68 bits per heavy atom. The molecule has 1 aromatic carbocycles. The zero-order valence-electron chi connectivity index (χ0n) is 16.7. The highest BCUT2D eigenvalue weighted by Gasteiger charge is 2.23. The molecule has 1 aliphatic carbocycles. The van der Waals surface area contributed by atoms with Gasteiger partial charge >= 0.3 is 0 Å². The van der Waals surface area contributed by atoms with Crippen LogP contribution in [-0.4, -0.2) is 74.1 Å². The first-order chi connectivity index (χ1) is 13.7. The molecule has 1 aromatic rings. The molecule has 6 nitrogen and oxygen atoms in total. The van der Waals surface area contributed by atoms with Crippen molar-refractivity contribution in [2.24, 2.45) is 10.9 Å². The quantitative estimate of drug-likeness (QED) is 0.409. The van der Waals surface area contributed by atoms with Gasteiger partial charge in [-0.05, 0) is 43.4 Å². The molecular weight excluding hydrogens is 376 g/mol. The van der Waals surface area contributed by atoms with Gasteiger partial charge < -0.3 is 19.9 Å². The molecule has 1 heterocycles. The summed E-state index contributed by atoms with van der Waals surface area (Å²) in [5, 5.41) is 4.03. The monoisotopic (exact) mass is 406 g/mol. The zero-order chi connectivity index (χ0) is 19.8. The Hall–Kier alpha value is -1.79. The molecule has 2 aliphatic rings. The third kappa shape index (κ3) is 6.67. The topological polar surface area (TPSA) is 57.2 Å². The second kappa shape index (κ2) is 10.7. The van der Waals surface area contributed by atoms with Gasteiger partial charge in [0.25, 0.3) is 0 Å². The normalized spacial score (nSPS) is 17.7. The molecule has 2 fully saturated rings. The Bertz CT molecular complexity index is 670. The molecule has 0 spiro atoms. The number of hydrogen-bond acceptors (Lipinski definition) is 3. The lowest BCUT2D eigenvalue weighted by molar-refractivity contribution is -0.131. The minimum absolute atomic E-state index is 0.150. The fraction of sp³-hybridized carbons (Fsp3) is 0.619. The van der Waals surface area contributed by atoms with Crippen LogP contribution >= 0.6 is 11.6 Å². The summed E-state index contributed by atoms with van der Waals surface area (Å²) >= 11 is 6.02. The largest absolute Gasteiger partial charge is 0.379 e. The van der Waals surface area contributed by atoms with Crippen molar-refractivity contribution < 1.29 is 9.53 Å². The van der Waals surface area contributed by atoms with E-state index in [2.05, 4.69) is 17.1 Å². The summed E-state index contributed by atoms with van der Waals surface area (Å²) in [6, 6.07) is 7.52. The molecule has 1 amide bonds. The minimum atomic E-state index is 0.150. The Kier molecular flexibility index (Phi) is 7.98. The van der Waals surface area contributed by atoms with Crippen LogP contribution in [0.3, 0.4) is 0 Å². The summed E-state index contributed by atoms with van der Waals surface area (Å²) < 4.78 is 5.67. The van der Waals surface area contributed by atoms with Gasteiger partial charge in [-0.2, -0.15) is 0 Å². The van der Waals surface area contributed by atoms with E-state index >= 15 is 0 Å². The molecular formula is C21H31ClN4O2. The molecule has 1 saturated carbocycles. The van der Waals surface area contributed by atoms with Crippen LogP contribution in [0.4, 0.5) is 0 Å². The second-order valence-electron chi connectivity index (χ2n) is 7.43. The van der Waals surface area contributed by atoms with E-state index in [1.807, 2.05) is 29.2 Å². The Morgan fingerprint density at radius 1 is 1.25 bits per heavy atom. The average molecular weight is 407 g/mol. The van der Waals surface area contributed by atoms with E-state index < -0.39 is 0 Å². The van der Waals surface area contributed by atoms with E-state index in [9.17, 15) is 4.79 Å². The van der Waals surface area contributed by atoms with Crippen molar-refractivity contribution in [3.05, 3.63) is 34.9 Å². The zero-order valence-corrected chi connectivity index (χ0v) is 17.5. The predicted octanol–water partition coefficient (Wildman–Crippen LogP) is 2.42. The van der Waals surface area contributed by atoms with Crippen LogP contribution in [0, 0.1) is 5.92 Å². The van der Waals surface area contributed by atoms with Crippen molar-refractivity contribution >= 4 is 23.5 Å². The number of piperazine rings is 1. The van der Waals surface area contributed by atoms with E-state index in [0.717, 1.165) is 43.7 Å². The number of benzene rings is 1. The van der Waals surface area contributed by atoms with E-state index in [0.29, 0.717) is 37.7 Å². The van der Waals surface area contributed by atoms with Crippen molar-refractivity contribution in [1.29, 1.82) is 0 Å². The second-order valence-corrected chi connectivity index (χ2v) is 7.86.